The summed E-state index contributed by atoms with van der Waals surface area (Å²) in [6.45, 7) is 2.35. The van der Waals surface area contributed by atoms with Gasteiger partial charge in [0.15, 0.2) is 22.8 Å². The number of imidazole rings is 1. The SMILES string of the molecule is Fc1cccnc1CNc1nccc2oc(CCNCCc3nc4ccccc4n3Cc3cccc(Cl)c3)nc12. The number of oxazole rings is 1. The van der Waals surface area contributed by atoms with Crippen molar-refractivity contribution >= 4 is 39.6 Å². The third-order valence-corrected chi connectivity index (χ3v) is 6.85. The van der Waals surface area contributed by atoms with Crippen molar-refractivity contribution < 1.29 is 8.81 Å². The van der Waals surface area contributed by atoms with Gasteiger partial charge >= 0.3 is 0 Å². The molecule has 40 heavy (non-hydrogen) atoms. The van der Waals surface area contributed by atoms with Crippen molar-refractivity contribution in [2.45, 2.75) is 25.9 Å². The molecule has 0 unspecified atom stereocenters. The Bertz CT molecular complexity index is 1770. The highest BCUT2D eigenvalue weighted by atomic mass is 35.5. The van der Waals surface area contributed by atoms with Gasteiger partial charge in [-0.15, -0.1) is 0 Å². The maximum atomic E-state index is 13.9. The molecule has 4 heterocycles. The molecule has 0 radical (unpaired) electrons. The van der Waals surface area contributed by atoms with Gasteiger partial charge in [0, 0.05) is 56.0 Å². The zero-order valence-corrected chi connectivity index (χ0v) is 22.4. The Morgan fingerprint density at radius 1 is 0.900 bits per heavy atom. The maximum absolute atomic E-state index is 13.9. The lowest BCUT2D eigenvalue weighted by Crippen LogP contribution is -2.21. The number of pyridine rings is 2. The van der Waals surface area contributed by atoms with Crippen molar-refractivity contribution in [2.75, 3.05) is 18.4 Å². The summed E-state index contributed by atoms with van der Waals surface area (Å²) in [5.74, 6) is 1.79. The van der Waals surface area contributed by atoms with E-state index in [9.17, 15) is 4.39 Å². The monoisotopic (exact) mass is 555 g/mol. The van der Waals surface area contributed by atoms with Crippen LogP contribution in [0.4, 0.5) is 10.2 Å². The zero-order valence-electron chi connectivity index (χ0n) is 21.6. The number of hydrogen-bond donors (Lipinski definition) is 2. The van der Waals surface area contributed by atoms with Gasteiger partial charge in [0.25, 0.3) is 0 Å². The number of benzene rings is 2. The van der Waals surface area contributed by atoms with E-state index in [0.29, 0.717) is 48.0 Å². The van der Waals surface area contributed by atoms with E-state index >= 15 is 0 Å². The Labute approximate surface area is 235 Å². The van der Waals surface area contributed by atoms with Gasteiger partial charge in [-0.1, -0.05) is 35.9 Å². The fourth-order valence-electron chi connectivity index (χ4n) is 4.68. The Hall–Kier alpha value is -4.34. The van der Waals surface area contributed by atoms with Crippen molar-refractivity contribution in [1.29, 1.82) is 0 Å². The van der Waals surface area contributed by atoms with Gasteiger partial charge in [-0.25, -0.2) is 19.3 Å². The van der Waals surface area contributed by atoms with Gasteiger partial charge in [0.05, 0.1) is 23.3 Å². The van der Waals surface area contributed by atoms with Crippen LogP contribution in [0.2, 0.25) is 5.02 Å². The summed E-state index contributed by atoms with van der Waals surface area (Å²) < 4.78 is 22.1. The molecular weight excluding hydrogens is 529 g/mol. The van der Waals surface area contributed by atoms with Gasteiger partial charge in [-0.3, -0.25) is 4.98 Å². The summed E-state index contributed by atoms with van der Waals surface area (Å²) in [6.07, 6.45) is 4.58. The molecule has 0 fully saturated rings. The minimum Gasteiger partial charge on any atom is -0.440 e. The minimum absolute atomic E-state index is 0.199. The molecule has 0 atom stereocenters. The highest BCUT2D eigenvalue weighted by Gasteiger charge is 2.13. The molecule has 0 spiro atoms. The first kappa shape index (κ1) is 25.9. The molecule has 2 N–H and O–H groups in total. The van der Waals surface area contributed by atoms with E-state index in [1.54, 1.807) is 24.5 Å². The third-order valence-electron chi connectivity index (χ3n) is 6.61. The highest BCUT2D eigenvalue weighted by Crippen LogP contribution is 2.23. The summed E-state index contributed by atoms with van der Waals surface area (Å²) in [4.78, 5) is 17.9. The molecule has 202 valence electrons. The predicted octanol–water partition coefficient (Wildman–Crippen LogP) is 5.80. The molecule has 0 saturated heterocycles. The second-order valence-corrected chi connectivity index (χ2v) is 9.82. The van der Waals surface area contributed by atoms with Crippen molar-refractivity contribution in [3.8, 4) is 0 Å². The van der Waals surface area contributed by atoms with Gasteiger partial charge in [-0.05, 0) is 42.0 Å². The summed E-state index contributed by atoms with van der Waals surface area (Å²) in [7, 11) is 0. The molecule has 0 aliphatic rings. The number of anilines is 1. The molecule has 6 aromatic rings. The Morgan fingerprint density at radius 2 is 1.80 bits per heavy atom. The number of aromatic nitrogens is 5. The first-order valence-electron chi connectivity index (χ1n) is 13.1. The molecule has 4 aromatic heterocycles. The van der Waals surface area contributed by atoms with Crippen molar-refractivity contribution in [3.63, 3.8) is 0 Å². The van der Waals surface area contributed by atoms with Crippen LogP contribution in [-0.4, -0.2) is 37.6 Å². The van der Waals surface area contributed by atoms with Crippen LogP contribution in [-0.2, 0) is 25.9 Å². The number of para-hydroxylation sites is 2. The van der Waals surface area contributed by atoms with Gasteiger partial charge in [-0.2, -0.15) is 0 Å². The molecule has 0 saturated carbocycles. The van der Waals surface area contributed by atoms with Gasteiger partial charge in [0.1, 0.15) is 11.6 Å². The highest BCUT2D eigenvalue weighted by molar-refractivity contribution is 6.30. The number of nitrogens with one attached hydrogen (secondary N) is 2. The molecule has 6 rings (SSSR count). The van der Waals surface area contributed by atoms with Crippen LogP contribution in [0.3, 0.4) is 0 Å². The lowest BCUT2D eigenvalue weighted by Gasteiger charge is -2.10. The van der Waals surface area contributed by atoms with E-state index in [-0.39, 0.29) is 12.4 Å². The van der Waals surface area contributed by atoms with Crippen molar-refractivity contribution in [1.82, 2.24) is 29.8 Å². The Kier molecular flexibility index (Phi) is 7.65. The largest absolute Gasteiger partial charge is 0.440 e. The minimum atomic E-state index is -0.367. The van der Waals surface area contributed by atoms with Crippen LogP contribution in [0.15, 0.2) is 83.5 Å². The van der Waals surface area contributed by atoms with E-state index in [2.05, 4.69) is 42.3 Å². The van der Waals surface area contributed by atoms with Gasteiger partial charge < -0.3 is 19.6 Å². The number of fused-ring (bicyclic) bond motifs is 2. The van der Waals surface area contributed by atoms with E-state index in [1.807, 2.05) is 36.4 Å². The van der Waals surface area contributed by atoms with Crippen LogP contribution >= 0.6 is 11.6 Å². The number of halogens is 2. The summed E-state index contributed by atoms with van der Waals surface area (Å²) in [6, 6.07) is 20.8. The third kappa shape index (κ3) is 5.80. The first-order valence-corrected chi connectivity index (χ1v) is 13.5. The van der Waals surface area contributed by atoms with E-state index < -0.39 is 0 Å². The van der Waals surface area contributed by atoms with Crippen LogP contribution in [0.1, 0.15) is 23.0 Å². The first-order chi connectivity index (χ1) is 19.6. The van der Waals surface area contributed by atoms with Crippen molar-refractivity contribution in [2.24, 2.45) is 0 Å². The van der Waals surface area contributed by atoms with Crippen molar-refractivity contribution in [3.05, 3.63) is 113 Å². The maximum Gasteiger partial charge on any atom is 0.196 e. The second kappa shape index (κ2) is 11.8. The van der Waals surface area contributed by atoms with E-state index in [4.69, 9.17) is 21.0 Å². The zero-order chi connectivity index (χ0) is 27.3. The van der Waals surface area contributed by atoms with Crippen LogP contribution in [0.5, 0.6) is 0 Å². The fourth-order valence-corrected chi connectivity index (χ4v) is 4.90. The standard InChI is InChI=1S/C30H27ClFN7O/c31-21-6-3-5-20(17-21)19-39-25-9-2-1-8-23(25)37-27(39)11-14-33-15-12-28-38-29-26(40-28)10-16-35-30(29)36-18-24-22(32)7-4-13-34-24/h1-10,13,16-17,33H,11-12,14-15,18-19H2,(H,35,36). The van der Waals surface area contributed by atoms with Crippen LogP contribution in [0, 0.1) is 5.82 Å². The molecule has 0 bridgehead atoms. The molecule has 0 amide bonds. The molecule has 2 aromatic carbocycles. The number of nitrogens with zero attached hydrogens (tertiary/aromatic N) is 5. The smallest absolute Gasteiger partial charge is 0.196 e. The topological polar surface area (TPSA) is 93.7 Å². The molecule has 10 heteroatoms. The summed E-state index contributed by atoms with van der Waals surface area (Å²) >= 11 is 6.22. The lowest BCUT2D eigenvalue weighted by atomic mass is 10.2. The summed E-state index contributed by atoms with van der Waals surface area (Å²) in [5.41, 5.74) is 4.78. The molecule has 0 aliphatic carbocycles. The second-order valence-electron chi connectivity index (χ2n) is 9.38. The normalized spacial score (nSPS) is 11.4. The number of hydrogen-bond acceptors (Lipinski definition) is 7. The molecule has 8 nitrogen and oxygen atoms in total. The number of rotatable bonds is 11. The predicted molar refractivity (Wildman–Crippen MR) is 154 cm³/mol. The van der Waals surface area contributed by atoms with Crippen LogP contribution in [0.25, 0.3) is 22.1 Å². The Morgan fingerprint density at radius 3 is 2.70 bits per heavy atom. The quantitative estimate of drug-likeness (QED) is 0.195. The van der Waals surface area contributed by atoms with E-state index in [0.717, 1.165) is 40.4 Å². The van der Waals surface area contributed by atoms with Crippen LogP contribution < -0.4 is 10.6 Å². The molecular formula is C30H27ClFN7O. The summed E-state index contributed by atoms with van der Waals surface area (Å²) in [5, 5.41) is 7.33. The average Bonchev–Trinajstić information content (AvgIpc) is 3.54. The lowest BCUT2D eigenvalue weighted by molar-refractivity contribution is 0.514. The van der Waals surface area contributed by atoms with E-state index in [1.165, 1.54) is 6.07 Å². The molecule has 0 aliphatic heterocycles. The van der Waals surface area contributed by atoms with Gasteiger partial charge in [0.2, 0.25) is 0 Å². The fraction of sp³-hybridized carbons (Fsp3) is 0.200. The average molecular weight is 556 g/mol. The Balaban J connectivity index is 1.07.